The van der Waals surface area contributed by atoms with Crippen LogP contribution in [0.4, 0.5) is 5.69 Å². The summed E-state index contributed by atoms with van der Waals surface area (Å²) in [6.07, 6.45) is 3.50. The van der Waals surface area contributed by atoms with Gasteiger partial charge in [-0.1, -0.05) is 20.3 Å². The molecule has 0 radical (unpaired) electrons. The van der Waals surface area contributed by atoms with E-state index in [9.17, 15) is 0 Å². The Morgan fingerprint density at radius 2 is 2.00 bits per heavy atom. The Morgan fingerprint density at radius 1 is 1.29 bits per heavy atom. The molecule has 0 fully saturated rings. The molecule has 0 heterocycles. The summed E-state index contributed by atoms with van der Waals surface area (Å²) >= 11 is 0. The lowest BCUT2D eigenvalue weighted by atomic mass is 10.1. The molecule has 1 unspecified atom stereocenters. The van der Waals surface area contributed by atoms with Crippen LogP contribution in [0, 0.1) is 11.3 Å². The molecule has 17 heavy (non-hydrogen) atoms. The van der Waals surface area contributed by atoms with Gasteiger partial charge in [-0.2, -0.15) is 5.26 Å². The predicted molar refractivity (Wildman–Crippen MR) is 70.2 cm³/mol. The van der Waals surface area contributed by atoms with Crippen LogP contribution in [-0.2, 0) is 0 Å². The molecule has 3 heteroatoms. The second-order valence-electron chi connectivity index (χ2n) is 4.01. The molecule has 0 saturated heterocycles. The van der Waals surface area contributed by atoms with Gasteiger partial charge in [-0.25, -0.2) is 0 Å². The van der Waals surface area contributed by atoms with Crippen molar-refractivity contribution in [2.45, 2.75) is 39.2 Å². The molecule has 1 rings (SSSR count). The minimum atomic E-state index is 0.0974. The Labute approximate surface area is 103 Å². The molecule has 1 atom stereocenters. The van der Waals surface area contributed by atoms with Crippen LogP contribution in [0.15, 0.2) is 24.3 Å². The first kappa shape index (κ1) is 13.4. The van der Waals surface area contributed by atoms with E-state index in [1.807, 2.05) is 30.3 Å². The van der Waals surface area contributed by atoms with Gasteiger partial charge in [0.15, 0.2) is 6.61 Å². The number of nitrogens with zero attached hydrogens (tertiary/aromatic N) is 1. The molecule has 0 aromatic heterocycles. The molecule has 0 saturated carbocycles. The van der Waals surface area contributed by atoms with Crippen molar-refractivity contribution in [2.75, 3.05) is 11.9 Å². The summed E-state index contributed by atoms with van der Waals surface area (Å²) < 4.78 is 5.20. The van der Waals surface area contributed by atoms with Gasteiger partial charge in [0, 0.05) is 11.7 Å². The van der Waals surface area contributed by atoms with Crippen LogP contribution in [0.1, 0.15) is 33.1 Å². The maximum Gasteiger partial charge on any atom is 0.174 e. The molecular formula is C14H20N2O. The largest absolute Gasteiger partial charge is 0.479 e. The lowest BCUT2D eigenvalue weighted by Crippen LogP contribution is -2.17. The van der Waals surface area contributed by atoms with Crippen molar-refractivity contribution >= 4 is 5.69 Å². The number of rotatable bonds is 7. The molecule has 0 spiro atoms. The summed E-state index contributed by atoms with van der Waals surface area (Å²) in [6.45, 7) is 4.49. The molecule has 92 valence electrons. The van der Waals surface area contributed by atoms with Crippen molar-refractivity contribution in [1.82, 2.24) is 0 Å². The van der Waals surface area contributed by atoms with Gasteiger partial charge in [0.05, 0.1) is 0 Å². The quantitative estimate of drug-likeness (QED) is 0.781. The van der Waals surface area contributed by atoms with E-state index in [2.05, 4.69) is 19.2 Å². The average molecular weight is 232 g/mol. The highest BCUT2D eigenvalue weighted by Crippen LogP contribution is 2.18. The molecule has 0 aliphatic heterocycles. The van der Waals surface area contributed by atoms with Crippen LogP contribution >= 0.6 is 0 Å². The van der Waals surface area contributed by atoms with E-state index < -0.39 is 0 Å². The van der Waals surface area contributed by atoms with E-state index >= 15 is 0 Å². The number of benzene rings is 1. The molecule has 1 aromatic carbocycles. The zero-order valence-electron chi connectivity index (χ0n) is 10.6. The molecule has 0 aliphatic rings. The van der Waals surface area contributed by atoms with Gasteiger partial charge in [0.25, 0.3) is 0 Å². The van der Waals surface area contributed by atoms with E-state index in [-0.39, 0.29) is 6.61 Å². The average Bonchev–Trinajstić information content (AvgIpc) is 2.37. The summed E-state index contributed by atoms with van der Waals surface area (Å²) in [5.74, 6) is 0.737. The standard InChI is InChI=1S/C14H20N2O/c1-3-5-12(4-2)16-13-6-8-14(9-7-13)17-11-10-15/h6-9,12,16H,3-5,11H2,1-2H3. The Hall–Kier alpha value is -1.69. The zero-order valence-corrected chi connectivity index (χ0v) is 10.6. The highest BCUT2D eigenvalue weighted by molar-refractivity contribution is 5.47. The topological polar surface area (TPSA) is 45.0 Å². The fraction of sp³-hybridized carbons (Fsp3) is 0.500. The fourth-order valence-electron chi connectivity index (χ4n) is 1.73. The van der Waals surface area contributed by atoms with E-state index in [1.54, 1.807) is 0 Å². The number of nitriles is 1. The van der Waals surface area contributed by atoms with Crippen molar-refractivity contribution in [3.8, 4) is 11.8 Å². The number of hydrogen-bond acceptors (Lipinski definition) is 3. The van der Waals surface area contributed by atoms with Gasteiger partial charge in [-0.05, 0) is 37.1 Å². The van der Waals surface area contributed by atoms with E-state index in [0.717, 1.165) is 17.9 Å². The summed E-state index contributed by atoms with van der Waals surface area (Å²) in [6, 6.07) is 10.2. The van der Waals surface area contributed by atoms with E-state index in [4.69, 9.17) is 10.00 Å². The normalized spacial score (nSPS) is 11.6. The summed E-state index contributed by atoms with van der Waals surface area (Å²) in [4.78, 5) is 0. The van der Waals surface area contributed by atoms with Crippen LogP contribution in [0.3, 0.4) is 0 Å². The third kappa shape index (κ3) is 4.78. The molecule has 0 bridgehead atoms. The van der Waals surface area contributed by atoms with Crippen molar-refractivity contribution < 1.29 is 4.74 Å². The monoisotopic (exact) mass is 232 g/mol. The van der Waals surface area contributed by atoms with Crippen LogP contribution in [0.5, 0.6) is 5.75 Å². The summed E-state index contributed by atoms with van der Waals surface area (Å²) in [5.41, 5.74) is 1.11. The van der Waals surface area contributed by atoms with E-state index in [1.165, 1.54) is 12.8 Å². The van der Waals surface area contributed by atoms with E-state index in [0.29, 0.717) is 6.04 Å². The number of anilines is 1. The number of hydrogen-bond donors (Lipinski definition) is 1. The molecule has 1 aromatic rings. The van der Waals surface area contributed by atoms with Crippen LogP contribution < -0.4 is 10.1 Å². The zero-order chi connectivity index (χ0) is 12.5. The first-order valence-electron chi connectivity index (χ1n) is 6.16. The molecular weight excluding hydrogens is 212 g/mol. The maximum absolute atomic E-state index is 8.40. The summed E-state index contributed by atoms with van der Waals surface area (Å²) in [7, 11) is 0. The molecule has 1 N–H and O–H groups in total. The van der Waals surface area contributed by atoms with Crippen molar-refractivity contribution in [1.29, 1.82) is 5.26 Å². The molecule has 0 aliphatic carbocycles. The van der Waals surface area contributed by atoms with Gasteiger partial charge >= 0.3 is 0 Å². The highest BCUT2D eigenvalue weighted by atomic mass is 16.5. The molecule has 3 nitrogen and oxygen atoms in total. The van der Waals surface area contributed by atoms with Crippen molar-refractivity contribution in [3.05, 3.63) is 24.3 Å². The number of nitrogens with one attached hydrogen (secondary N) is 1. The first-order valence-corrected chi connectivity index (χ1v) is 6.16. The highest BCUT2D eigenvalue weighted by Gasteiger charge is 2.04. The third-order valence-electron chi connectivity index (χ3n) is 2.66. The van der Waals surface area contributed by atoms with Crippen LogP contribution in [-0.4, -0.2) is 12.6 Å². The van der Waals surface area contributed by atoms with Gasteiger partial charge < -0.3 is 10.1 Å². The third-order valence-corrected chi connectivity index (χ3v) is 2.66. The lowest BCUT2D eigenvalue weighted by Gasteiger charge is -2.17. The van der Waals surface area contributed by atoms with Crippen molar-refractivity contribution in [2.24, 2.45) is 0 Å². The smallest absolute Gasteiger partial charge is 0.174 e. The second-order valence-corrected chi connectivity index (χ2v) is 4.01. The summed E-state index contributed by atoms with van der Waals surface area (Å²) in [5, 5.41) is 11.9. The predicted octanol–water partition coefficient (Wildman–Crippen LogP) is 3.58. The minimum absolute atomic E-state index is 0.0974. The Bertz CT molecular complexity index is 353. The van der Waals surface area contributed by atoms with Crippen molar-refractivity contribution in [3.63, 3.8) is 0 Å². The Morgan fingerprint density at radius 3 is 2.53 bits per heavy atom. The second kappa shape index (κ2) is 7.56. The Balaban J connectivity index is 2.52. The van der Waals surface area contributed by atoms with Gasteiger partial charge in [-0.15, -0.1) is 0 Å². The molecule has 0 amide bonds. The first-order chi connectivity index (χ1) is 8.30. The lowest BCUT2D eigenvalue weighted by molar-refractivity contribution is 0.368. The maximum atomic E-state index is 8.40. The van der Waals surface area contributed by atoms with Crippen LogP contribution in [0.2, 0.25) is 0 Å². The van der Waals surface area contributed by atoms with Gasteiger partial charge in [-0.3, -0.25) is 0 Å². The van der Waals surface area contributed by atoms with Crippen LogP contribution in [0.25, 0.3) is 0 Å². The minimum Gasteiger partial charge on any atom is -0.479 e. The van der Waals surface area contributed by atoms with Gasteiger partial charge in [0.2, 0.25) is 0 Å². The fourth-order valence-corrected chi connectivity index (χ4v) is 1.73. The number of ether oxygens (including phenoxy) is 1. The van der Waals surface area contributed by atoms with Gasteiger partial charge in [0.1, 0.15) is 11.8 Å². The SMILES string of the molecule is CCCC(CC)Nc1ccc(OCC#N)cc1. The Kier molecular flexibility index (Phi) is 5.95.